The molecule has 3 rings (SSSR count). The molecule has 2 aromatic rings. The van der Waals surface area contributed by atoms with Crippen LogP contribution in [-0.2, 0) is 9.53 Å². The number of carbonyl (C=O) groups is 1. The summed E-state index contributed by atoms with van der Waals surface area (Å²) in [5.41, 5.74) is 10.4. The maximum absolute atomic E-state index is 13.2. The number of aryl methyl sites for hydroxylation is 1. The van der Waals surface area contributed by atoms with Crippen molar-refractivity contribution in [2.75, 3.05) is 7.11 Å². The molecule has 0 spiro atoms. The Morgan fingerprint density at radius 3 is 2.37 bits per heavy atom. The van der Waals surface area contributed by atoms with E-state index in [0.717, 1.165) is 54.2 Å². The van der Waals surface area contributed by atoms with Gasteiger partial charge in [0.15, 0.2) is 0 Å². The molecule has 3 nitrogen and oxygen atoms in total. The number of benzene rings is 2. The molecule has 2 aromatic carbocycles. The van der Waals surface area contributed by atoms with Crippen LogP contribution in [0.25, 0.3) is 16.7 Å². The summed E-state index contributed by atoms with van der Waals surface area (Å²) >= 11 is 0. The zero-order valence-corrected chi connectivity index (χ0v) is 15.9. The number of rotatable bonds is 5. The van der Waals surface area contributed by atoms with Crippen molar-refractivity contribution in [3.8, 4) is 11.1 Å². The Morgan fingerprint density at radius 1 is 1.15 bits per heavy atom. The Hall–Kier alpha value is -2.30. The van der Waals surface area contributed by atoms with Gasteiger partial charge in [0, 0.05) is 18.2 Å². The standard InChI is InChI=1S/C23H26FNO2/c1-16-3-4-18(17-5-7-20(24)8-6-17)13-22(16)19(15-26)14-23(25)11-9-21(27-2)10-12-23/h3-8,13-15,21H,9-12,25H2,1-2H3/b19-14+. The highest BCUT2D eigenvalue weighted by atomic mass is 19.1. The number of ether oxygens (including phenoxy) is 1. The lowest BCUT2D eigenvalue weighted by atomic mass is 9.79. The van der Waals surface area contributed by atoms with Gasteiger partial charge in [0.1, 0.15) is 12.1 Å². The molecule has 0 unspecified atom stereocenters. The number of nitrogens with two attached hydrogens (primary N) is 1. The highest BCUT2D eigenvalue weighted by Gasteiger charge is 2.30. The number of allylic oxidation sites excluding steroid dienone is 1. The highest BCUT2D eigenvalue weighted by molar-refractivity contribution is 6.08. The Bertz CT molecular complexity index is 834. The van der Waals surface area contributed by atoms with Crippen LogP contribution < -0.4 is 5.73 Å². The fourth-order valence-corrected chi connectivity index (χ4v) is 3.75. The van der Waals surface area contributed by atoms with Gasteiger partial charge in [-0.2, -0.15) is 0 Å². The molecule has 27 heavy (non-hydrogen) atoms. The van der Waals surface area contributed by atoms with E-state index in [4.69, 9.17) is 10.5 Å². The third kappa shape index (κ3) is 4.52. The van der Waals surface area contributed by atoms with Gasteiger partial charge < -0.3 is 10.5 Å². The zero-order valence-electron chi connectivity index (χ0n) is 15.9. The third-order valence-electron chi connectivity index (χ3n) is 5.49. The first-order valence-corrected chi connectivity index (χ1v) is 9.31. The van der Waals surface area contributed by atoms with E-state index in [1.165, 1.54) is 12.1 Å². The first kappa shape index (κ1) is 19.5. The van der Waals surface area contributed by atoms with Gasteiger partial charge in [-0.15, -0.1) is 0 Å². The summed E-state index contributed by atoms with van der Waals surface area (Å²) in [6.07, 6.45) is 6.42. The van der Waals surface area contributed by atoms with Crippen LogP contribution in [0.3, 0.4) is 0 Å². The average molecular weight is 367 g/mol. The summed E-state index contributed by atoms with van der Waals surface area (Å²) in [4.78, 5) is 11.9. The van der Waals surface area contributed by atoms with Crippen molar-refractivity contribution in [2.45, 2.75) is 44.2 Å². The second-order valence-corrected chi connectivity index (χ2v) is 7.42. The van der Waals surface area contributed by atoms with Gasteiger partial charge in [-0.05, 0) is 73.1 Å². The van der Waals surface area contributed by atoms with Crippen LogP contribution in [0.15, 0.2) is 48.5 Å². The normalized spacial score (nSPS) is 23.3. The maximum atomic E-state index is 13.2. The second-order valence-electron chi connectivity index (χ2n) is 7.42. The lowest BCUT2D eigenvalue weighted by molar-refractivity contribution is -0.103. The molecule has 0 atom stereocenters. The van der Waals surface area contributed by atoms with Crippen molar-refractivity contribution in [1.82, 2.24) is 0 Å². The molecule has 1 saturated carbocycles. The van der Waals surface area contributed by atoms with Crippen molar-refractivity contribution < 1.29 is 13.9 Å². The molecular formula is C23H26FNO2. The van der Waals surface area contributed by atoms with E-state index >= 15 is 0 Å². The van der Waals surface area contributed by atoms with Crippen LogP contribution in [0.2, 0.25) is 0 Å². The van der Waals surface area contributed by atoms with E-state index in [2.05, 4.69) is 0 Å². The predicted octanol–water partition coefficient (Wildman–Crippen LogP) is 4.67. The Balaban J connectivity index is 1.94. The minimum absolute atomic E-state index is 0.248. The number of hydrogen-bond acceptors (Lipinski definition) is 3. The molecule has 1 aliphatic rings. The number of methoxy groups -OCH3 is 1. The van der Waals surface area contributed by atoms with Crippen LogP contribution in [0.5, 0.6) is 0 Å². The first-order valence-electron chi connectivity index (χ1n) is 9.31. The Kier molecular flexibility index (Phi) is 5.88. The van der Waals surface area contributed by atoms with Crippen LogP contribution in [0.4, 0.5) is 4.39 Å². The van der Waals surface area contributed by atoms with Crippen molar-refractivity contribution in [2.24, 2.45) is 5.73 Å². The molecule has 0 aliphatic heterocycles. The van der Waals surface area contributed by atoms with Crippen molar-refractivity contribution >= 4 is 11.9 Å². The summed E-state index contributed by atoms with van der Waals surface area (Å²) in [6.45, 7) is 1.98. The SMILES string of the molecule is COC1CCC(N)(/C=C(\C=O)c2cc(-c3ccc(F)cc3)ccc2C)CC1. The predicted molar refractivity (Wildman–Crippen MR) is 107 cm³/mol. The lowest BCUT2D eigenvalue weighted by Gasteiger charge is -2.34. The second kappa shape index (κ2) is 8.15. The van der Waals surface area contributed by atoms with E-state index in [0.29, 0.717) is 5.57 Å². The van der Waals surface area contributed by atoms with E-state index in [-0.39, 0.29) is 11.9 Å². The van der Waals surface area contributed by atoms with Crippen LogP contribution in [0, 0.1) is 12.7 Å². The Morgan fingerprint density at radius 2 is 1.78 bits per heavy atom. The van der Waals surface area contributed by atoms with E-state index in [1.54, 1.807) is 19.2 Å². The fourth-order valence-electron chi connectivity index (χ4n) is 3.75. The van der Waals surface area contributed by atoms with Crippen LogP contribution in [-0.4, -0.2) is 25.0 Å². The van der Waals surface area contributed by atoms with Gasteiger partial charge in [0.05, 0.1) is 6.10 Å². The van der Waals surface area contributed by atoms with Gasteiger partial charge in [-0.25, -0.2) is 4.39 Å². The highest BCUT2D eigenvalue weighted by Crippen LogP contribution is 2.33. The number of carbonyl (C=O) groups excluding carboxylic acids is 1. The average Bonchev–Trinajstić information content (AvgIpc) is 2.68. The van der Waals surface area contributed by atoms with E-state index in [9.17, 15) is 9.18 Å². The maximum Gasteiger partial charge on any atom is 0.150 e. The number of hydrogen-bond donors (Lipinski definition) is 1. The molecule has 0 saturated heterocycles. The summed E-state index contributed by atoms with van der Waals surface area (Å²) in [5, 5.41) is 0. The number of halogens is 1. The van der Waals surface area contributed by atoms with Crippen LogP contribution in [0.1, 0.15) is 36.8 Å². The monoisotopic (exact) mass is 367 g/mol. The molecule has 0 amide bonds. The largest absolute Gasteiger partial charge is 0.381 e. The Labute approximate surface area is 160 Å². The van der Waals surface area contributed by atoms with Crippen LogP contribution >= 0.6 is 0 Å². The molecular weight excluding hydrogens is 341 g/mol. The molecule has 142 valence electrons. The quantitative estimate of drug-likeness (QED) is 0.617. The van der Waals surface area contributed by atoms with E-state index in [1.807, 2.05) is 31.2 Å². The van der Waals surface area contributed by atoms with E-state index < -0.39 is 5.54 Å². The molecule has 0 aromatic heterocycles. The van der Waals surface area contributed by atoms with Gasteiger partial charge in [-0.1, -0.05) is 30.3 Å². The minimum Gasteiger partial charge on any atom is -0.381 e. The molecule has 1 aliphatic carbocycles. The molecule has 0 bridgehead atoms. The molecule has 0 radical (unpaired) electrons. The number of aldehydes is 1. The smallest absolute Gasteiger partial charge is 0.150 e. The molecule has 2 N–H and O–H groups in total. The summed E-state index contributed by atoms with van der Waals surface area (Å²) in [6, 6.07) is 12.3. The lowest BCUT2D eigenvalue weighted by Crippen LogP contribution is -2.43. The summed E-state index contributed by atoms with van der Waals surface area (Å²) < 4.78 is 18.6. The third-order valence-corrected chi connectivity index (χ3v) is 5.49. The fraction of sp³-hybridized carbons (Fsp3) is 0.348. The van der Waals surface area contributed by atoms with Crippen molar-refractivity contribution in [3.63, 3.8) is 0 Å². The molecule has 0 heterocycles. The topological polar surface area (TPSA) is 52.3 Å². The van der Waals surface area contributed by atoms with Crippen molar-refractivity contribution in [3.05, 3.63) is 65.5 Å². The molecule has 4 heteroatoms. The zero-order chi connectivity index (χ0) is 19.4. The van der Waals surface area contributed by atoms with Gasteiger partial charge in [-0.3, -0.25) is 4.79 Å². The van der Waals surface area contributed by atoms with Gasteiger partial charge in [0.2, 0.25) is 0 Å². The first-order chi connectivity index (χ1) is 12.9. The summed E-state index contributed by atoms with van der Waals surface area (Å²) in [5.74, 6) is -0.267. The summed E-state index contributed by atoms with van der Waals surface area (Å²) in [7, 11) is 1.73. The van der Waals surface area contributed by atoms with Gasteiger partial charge >= 0.3 is 0 Å². The van der Waals surface area contributed by atoms with Crippen molar-refractivity contribution in [1.29, 1.82) is 0 Å². The van der Waals surface area contributed by atoms with Gasteiger partial charge in [0.25, 0.3) is 0 Å². The minimum atomic E-state index is -0.496. The molecule has 1 fully saturated rings.